The summed E-state index contributed by atoms with van der Waals surface area (Å²) in [4.78, 5) is 13.0. The number of hydrogen-bond acceptors (Lipinski definition) is 3. The second-order valence-electron chi connectivity index (χ2n) is 3.76. The third-order valence-corrected chi connectivity index (χ3v) is 4.15. The van der Waals surface area contributed by atoms with Crippen molar-refractivity contribution in [2.75, 3.05) is 27.9 Å². The average Bonchev–Trinajstić information content (AvgIpc) is 2.76. The Labute approximate surface area is 110 Å². The van der Waals surface area contributed by atoms with Crippen LogP contribution in [-0.2, 0) is 10.0 Å². The molecule has 18 heavy (non-hydrogen) atoms. The highest BCUT2D eigenvalue weighted by Crippen LogP contribution is 2.20. The highest BCUT2D eigenvalue weighted by Gasteiger charge is 2.20. The molecule has 2 N–H and O–H groups in total. The van der Waals surface area contributed by atoms with Crippen molar-refractivity contribution in [3.63, 3.8) is 0 Å². The number of amides is 2. The van der Waals surface area contributed by atoms with Gasteiger partial charge in [-0.15, -0.1) is 11.6 Å². The van der Waals surface area contributed by atoms with Crippen LogP contribution < -0.4 is 14.9 Å². The standard InChI is InChI=1S/C10H12ClN3O3S/c11-7-18(16,17)13-8-1-3-9(4-2-8)14-6-5-12-10(14)15/h1-4,13H,5-7H2,(H,12,15). The summed E-state index contributed by atoms with van der Waals surface area (Å²) in [5, 5.41) is 2.19. The number of hydrogen-bond donors (Lipinski definition) is 2. The molecule has 1 heterocycles. The monoisotopic (exact) mass is 289 g/mol. The number of carbonyl (C=O) groups is 1. The van der Waals surface area contributed by atoms with Gasteiger partial charge in [0.15, 0.2) is 0 Å². The fraction of sp³-hybridized carbons (Fsp3) is 0.300. The average molecular weight is 290 g/mol. The second-order valence-corrected chi connectivity index (χ2v) is 6.06. The first kappa shape index (κ1) is 13.0. The Morgan fingerprint density at radius 3 is 2.50 bits per heavy atom. The van der Waals surface area contributed by atoms with E-state index in [1.54, 1.807) is 29.2 Å². The van der Waals surface area contributed by atoms with Crippen molar-refractivity contribution in [2.24, 2.45) is 0 Å². The number of benzene rings is 1. The Bertz CT molecular complexity index is 544. The van der Waals surface area contributed by atoms with E-state index in [4.69, 9.17) is 11.6 Å². The van der Waals surface area contributed by atoms with Gasteiger partial charge in [0.05, 0.1) is 0 Å². The first-order chi connectivity index (χ1) is 8.52. The number of anilines is 2. The topological polar surface area (TPSA) is 78.5 Å². The molecule has 1 aliphatic heterocycles. The van der Waals surface area contributed by atoms with E-state index in [1.807, 2.05) is 0 Å². The van der Waals surface area contributed by atoms with Crippen molar-refractivity contribution in [1.29, 1.82) is 0 Å². The molecule has 6 nitrogen and oxygen atoms in total. The summed E-state index contributed by atoms with van der Waals surface area (Å²) in [6, 6.07) is 6.38. The highest BCUT2D eigenvalue weighted by atomic mass is 35.5. The number of sulfonamides is 1. The molecule has 1 aromatic carbocycles. The maximum atomic E-state index is 11.4. The van der Waals surface area contributed by atoms with Crippen molar-refractivity contribution < 1.29 is 13.2 Å². The van der Waals surface area contributed by atoms with E-state index in [2.05, 4.69) is 10.0 Å². The number of nitrogens with one attached hydrogen (secondary N) is 2. The van der Waals surface area contributed by atoms with Gasteiger partial charge in [0.25, 0.3) is 0 Å². The zero-order valence-electron chi connectivity index (χ0n) is 9.39. The highest BCUT2D eigenvalue weighted by molar-refractivity contribution is 7.93. The van der Waals surface area contributed by atoms with E-state index in [-0.39, 0.29) is 6.03 Å². The van der Waals surface area contributed by atoms with Gasteiger partial charge < -0.3 is 5.32 Å². The van der Waals surface area contributed by atoms with Crippen LogP contribution in [0.3, 0.4) is 0 Å². The number of halogens is 1. The van der Waals surface area contributed by atoms with Crippen molar-refractivity contribution >= 4 is 39.0 Å². The Morgan fingerprint density at radius 2 is 2.00 bits per heavy atom. The molecule has 0 saturated carbocycles. The predicted octanol–water partition coefficient (Wildman–Crippen LogP) is 1.15. The summed E-state index contributed by atoms with van der Waals surface area (Å²) in [7, 11) is -3.49. The molecule has 98 valence electrons. The molecule has 1 aromatic rings. The van der Waals surface area contributed by atoms with Crippen LogP contribution in [-0.4, -0.2) is 32.8 Å². The molecule has 8 heteroatoms. The van der Waals surface area contributed by atoms with E-state index in [9.17, 15) is 13.2 Å². The minimum absolute atomic E-state index is 0.149. The Hall–Kier alpha value is -1.47. The predicted molar refractivity (Wildman–Crippen MR) is 70.4 cm³/mol. The molecule has 0 unspecified atom stereocenters. The summed E-state index contributed by atoms with van der Waals surface area (Å²) in [6.45, 7) is 1.21. The minimum Gasteiger partial charge on any atom is -0.336 e. The van der Waals surface area contributed by atoms with Gasteiger partial charge in [-0.05, 0) is 24.3 Å². The first-order valence-electron chi connectivity index (χ1n) is 5.24. The van der Waals surface area contributed by atoms with Crippen molar-refractivity contribution in [3.8, 4) is 0 Å². The van der Waals surface area contributed by atoms with E-state index >= 15 is 0 Å². The second kappa shape index (κ2) is 5.03. The summed E-state index contributed by atoms with van der Waals surface area (Å²) in [6.07, 6.45) is 0. The molecule has 2 amide bonds. The Morgan fingerprint density at radius 1 is 1.33 bits per heavy atom. The third-order valence-electron chi connectivity index (χ3n) is 2.45. The molecule has 0 spiro atoms. The van der Waals surface area contributed by atoms with Gasteiger partial charge in [0.2, 0.25) is 10.0 Å². The number of rotatable bonds is 4. The zero-order valence-corrected chi connectivity index (χ0v) is 11.0. The van der Waals surface area contributed by atoms with Gasteiger partial charge in [0.1, 0.15) is 5.21 Å². The summed E-state index contributed by atoms with van der Waals surface area (Å²) in [5.74, 6) is 0. The number of carbonyl (C=O) groups excluding carboxylic acids is 1. The Balaban J connectivity index is 2.13. The van der Waals surface area contributed by atoms with Gasteiger partial charge in [0, 0.05) is 24.5 Å². The Kier molecular flexibility index (Phi) is 3.63. The summed E-state index contributed by atoms with van der Waals surface area (Å²) < 4.78 is 24.8. The van der Waals surface area contributed by atoms with E-state index in [0.717, 1.165) is 5.69 Å². The zero-order chi connectivity index (χ0) is 13.2. The maximum absolute atomic E-state index is 11.4. The third kappa shape index (κ3) is 2.85. The lowest BCUT2D eigenvalue weighted by Crippen LogP contribution is -2.27. The van der Waals surface area contributed by atoms with Crippen LogP contribution in [0, 0.1) is 0 Å². The van der Waals surface area contributed by atoms with Gasteiger partial charge in [-0.1, -0.05) is 0 Å². The fourth-order valence-electron chi connectivity index (χ4n) is 1.63. The molecular formula is C10H12ClN3O3S. The van der Waals surface area contributed by atoms with Crippen molar-refractivity contribution in [3.05, 3.63) is 24.3 Å². The van der Waals surface area contributed by atoms with Crippen LogP contribution in [0.15, 0.2) is 24.3 Å². The summed E-state index contributed by atoms with van der Waals surface area (Å²) >= 11 is 5.29. The van der Waals surface area contributed by atoms with Gasteiger partial charge in [-0.3, -0.25) is 9.62 Å². The van der Waals surface area contributed by atoms with E-state index in [0.29, 0.717) is 18.8 Å². The lowest BCUT2D eigenvalue weighted by atomic mass is 10.2. The fourth-order valence-corrected chi connectivity index (χ4v) is 2.35. The lowest BCUT2D eigenvalue weighted by molar-refractivity contribution is 0.252. The van der Waals surface area contributed by atoms with Crippen molar-refractivity contribution in [1.82, 2.24) is 5.32 Å². The number of alkyl halides is 1. The largest absolute Gasteiger partial charge is 0.336 e. The molecule has 0 bridgehead atoms. The van der Waals surface area contributed by atoms with Crippen LogP contribution in [0.1, 0.15) is 0 Å². The van der Waals surface area contributed by atoms with Crippen LogP contribution in [0.5, 0.6) is 0 Å². The van der Waals surface area contributed by atoms with E-state index < -0.39 is 15.2 Å². The molecular weight excluding hydrogens is 278 g/mol. The molecule has 1 saturated heterocycles. The van der Waals surface area contributed by atoms with Gasteiger partial charge >= 0.3 is 6.03 Å². The lowest BCUT2D eigenvalue weighted by Gasteiger charge is -2.14. The smallest absolute Gasteiger partial charge is 0.321 e. The molecule has 0 aromatic heterocycles. The van der Waals surface area contributed by atoms with Gasteiger partial charge in [-0.25, -0.2) is 13.2 Å². The summed E-state index contributed by atoms with van der Waals surface area (Å²) in [5.41, 5.74) is 1.14. The normalized spacial score (nSPS) is 15.6. The molecule has 2 rings (SSSR count). The number of urea groups is 1. The maximum Gasteiger partial charge on any atom is 0.321 e. The first-order valence-corrected chi connectivity index (χ1v) is 7.42. The molecule has 1 aliphatic rings. The molecule has 0 radical (unpaired) electrons. The van der Waals surface area contributed by atoms with Crippen LogP contribution in [0.25, 0.3) is 0 Å². The molecule has 1 fully saturated rings. The van der Waals surface area contributed by atoms with Crippen LogP contribution >= 0.6 is 11.6 Å². The number of nitrogens with zero attached hydrogens (tertiary/aromatic N) is 1. The molecule has 0 aliphatic carbocycles. The van der Waals surface area contributed by atoms with Crippen LogP contribution in [0.4, 0.5) is 16.2 Å². The SMILES string of the molecule is O=C1NCCN1c1ccc(NS(=O)(=O)CCl)cc1. The minimum atomic E-state index is -3.49. The van der Waals surface area contributed by atoms with Crippen LogP contribution in [0.2, 0.25) is 0 Å². The quantitative estimate of drug-likeness (QED) is 0.816. The van der Waals surface area contributed by atoms with Gasteiger partial charge in [-0.2, -0.15) is 0 Å². The van der Waals surface area contributed by atoms with Crippen molar-refractivity contribution in [2.45, 2.75) is 0 Å². The van der Waals surface area contributed by atoms with E-state index in [1.165, 1.54) is 0 Å². The molecule has 0 atom stereocenters.